The Labute approximate surface area is 90.9 Å². The Hall–Kier alpha value is 0.430. The van der Waals surface area contributed by atoms with Gasteiger partial charge in [-0.15, -0.1) is 24.8 Å². The minimum Gasteiger partial charge on any atom is -0.314 e. The Balaban J connectivity index is 0.000000720. The van der Waals surface area contributed by atoms with Gasteiger partial charge in [0, 0.05) is 31.6 Å². The van der Waals surface area contributed by atoms with E-state index in [9.17, 15) is 4.39 Å². The molecule has 2 atom stereocenters. The molecule has 80 valence electrons. The van der Waals surface area contributed by atoms with Gasteiger partial charge in [-0.3, -0.25) is 0 Å². The number of nitrogens with one attached hydrogen (secondary N) is 2. The summed E-state index contributed by atoms with van der Waals surface area (Å²) in [6.07, 6.45) is 1.95. The van der Waals surface area contributed by atoms with Gasteiger partial charge in [0.2, 0.25) is 0 Å². The number of hydrogen-bond donors (Lipinski definition) is 2. The Morgan fingerprint density at radius 3 is 2.38 bits per heavy atom. The zero-order valence-corrected chi connectivity index (χ0v) is 9.10. The normalized spacial score (nSPS) is 32.1. The van der Waals surface area contributed by atoms with Crippen LogP contribution in [0.4, 0.5) is 4.39 Å². The van der Waals surface area contributed by atoms with Crippen molar-refractivity contribution in [2.45, 2.75) is 25.1 Å². The monoisotopic (exact) mass is 230 g/mol. The average molecular weight is 231 g/mol. The van der Waals surface area contributed by atoms with Crippen molar-refractivity contribution in [3.63, 3.8) is 0 Å². The average Bonchev–Trinajstić information content (AvgIpc) is 2.73. The fraction of sp³-hybridized carbons (Fsp3) is 1.00. The zero-order chi connectivity index (χ0) is 7.68. The molecular formula is C8H17Cl2FN2. The molecule has 0 aromatic heterocycles. The summed E-state index contributed by atoms with van der Waals surface area (Å²) in [5.74, 6) is 0.218. The van der Waals surface area contributed by atoms with Crippen LogP contribution in [0.25, 0.3) is 0 Å². The Bertz CT molecular complexity index is 144. The standard InChI is InChI=1S/C8H15FN2.2ClH/c9-8-5-10-3-6(8)4-11-7-1-2-7;;/h6-8,10-11H,1-5H2;2*1H/t6-,8-;;/m1../s1. The van der Waals surface area contributed by atoms with E-state index in [0.29, 0.717) is 12.6 Å². The summed E-state index contributed by atoms with van der Waals surface area (Å²) in [5.41, 5.74) is 0. The first kappa shape index (κ1) is 13.4. The molecule has 0 amide bonds. The summed E-state index contributed by atoms with van der Waals surface area (Å²) in [7, 11) is 0. The molecule has 0 unspecified atom stereocenters. The van der Waals surface area contributed by atoms with Crippen molar-refractivity contribution in [3.05, 3.63) is 0 Å². The maximum Gasteiger partial charge on any atom is 0.118 e. The number of halogens is 3. The van der Waals surface area contributed by atoms with Crippen LogP contribution in [-0.2, 0) is 0 Å². The summed E-state index contributed by atoms with van der Waals surface area (Å²) in [6.45, 7) is 2.26. The predicted octanol–water partition coefficient (Wildman–Crippen LogP) is 1.14. The predicted molar refractivity (Wildman–Crippen MR) is 56.8 cm³/mol. The highest BCUT2D eigenvalue weighted by atomic mass is 35.5. The van der Waals surface area contributed by atoms with E-state index in [0.717, 1.165) is 13.1 Å². The lowest BCUT2D eigenvalue weighted by Gasteiger charge is -2.11. The van der Waals surface area contributed by atoms with E-state index in [1.165, 1.54) is 12.8 Å². The van der Waals surface area contributed by atoms with Gasteiger partial charge in [-0.25, -0.2) is 4.39 Å². The van der Waals surface area contributed by atoms with Crippen LogP contribution in [0.15, 0.2) is 0 Å². The van der Waals surface area contributed by atoms with Gasteiger partial charge >= 0.3 is 0 Å². The molecule has 13 heavy (non-hydrogen) atoms. The zero-order valence-electron chi connectivity index (χ0n) is 7.46. The fourth-order valence-electron chi connectivity index (χ4n) is 1.51. The number of alkyl halides is 1. The van der Waals surface area contributed by atoms with Crippen LogP contribution in [0.2, 0.25) is 0 Å². The molecule has 0 bridgehead atoms. The third kappa shape index (κ3) is 3.98. The molecule has 0 aromatic rings. The van der Waals surface area contributed by atoms with Gasteiger partial charge in [0.05, 0.1) is 0 Å². The van der Waals surface area contributed by atoms with Crippen molar-refractivity contribution >= 4 is 24.8 Å². The van der Waals surface area contributed by atoms with Crippen molar-refractivity contribution in [1.29, 1.82) is 0 Å². The van der Waals surface area contributed by atoms with Crippen LogP contribution in [0, 0.1) is 5.92 Å². The minimum absolute atomic E-state index is 0. The molecule has 1 saturated carbocycles. The molecule has 0 spiro atoms. The molecule has 0 aromatic carbocycles. The molecule has 1 aliphatic heterocycles. The van der Waals surface area contributed by atoms with Crippen LogP contribution >= 0.6 is 24.8 Å². The lowest BCUT2D eigenvalue weighted by molar-refractivity contribution is 0.276. The molecule has 2 aliphatic rings. The highest BCUT2D eigenvalue weighted by molar-refractivity contribution is 5.85. The second-order valence-corrected chi connectivity index (χ2v) is 3.62. The van der Waals surface area contributed by atoms with E-state index in [-0.39, 0.29) is 30.7 Å². The second kappa shape index (κ2) is 6.02. The summed E-state index contributed by atoms with van der Waals surface area (Å²) >= 11 is 0. The van der Waals surface area contributed by atoms with Crippen molar-refractivity contribution in [2.75, 3.05) is 19.6 Å². The van der Waals surface area contributed by atoms with E-state index < -0.39 is 6.17 Å². The first-order valence-corrected chi connectivity index (χ1v) is 4.44. The maximum atomic E-state index is 13.0. The quantitative estimate of drug-likeness (QED) is 0.761. The van der Waals surface area contributed by atoms with E-state index >= 15 is 0 Å². The van der Waals surface area contributed by atoms with E-state index in [1.54, 1.807) is 0 Å². The molecule has 2 rings (SSSR count). The Morgan fingerprint density at radius 2 is 1.92 bits per heavy atom. The highest BCUT2D eigenvalue weighted by Gasteiger charge is 2.28. The molecule has 1 heterocycles. The lowest BCUT2D eigenvalue weighted by Crippen LogP contribution is -2.29. The van der Waals surface area contributed by atoms with Crippen molar-refractivity contribution in [3.8, 4) is 0 Å². The summed E-state index contributed by atoms with van der Waals surface area (Å²) in [5, 5.41) is 6.40. The van der Waals surface area contributed by atoms with Crippen LogP contribution in [0.1, 0.15) is 12.8 Å². The van der Waals surface area contributed by atoms with Crippen molar-refractivity contribution in [2.24, 2.45) is 5.92 Å². The van der Waals surface area contributed by atoms with Crippen molar-refractivity contribution < 1.29 is 4.39 Å². The third-order valence-electron chi connectivity index (χ3n) is 2.50. The Morgan fingerprint density at radius 1 is 1.23 bits per heavy atom. The lowest BCUT2D eigenvalue weighted by atomic mass is 10.1. The van der Waals surface area contributed by atoms with Gasteiger partial charge in [0.15, 0.2) is 0 Å². The topological polar surface area (TPSA) is 24.1 Å². The van der Waals surface area contributed by atoms with Gasteiger partial charge in [0.1, 0.15) is 6.17 Å². The molecule has 1 saturated heterocycles. The minimum atomic E-state index is -0.624. The van der Waals surface area contributed by atoms with Gasteiger partial charge in [-0.05, 0) is 12.8 Å². The van der Waals surface area contributed by atoms with Gasteiger partial charge in [-0.2, -0.15) is 0 Å². The fourth-order valence-corrected chi connectivity index (χ4v) is 1.51. The van der Waals surface area contributed by atoms with Crippen LogP contribution in [-0.4, -0.2) is 31.8 Å². The van der Waals surface area contributed by atoms with E-state index in [1.807, 2.05) is 0 Å². The smallest absolute Gasteiger partial charge is 0.118 e. The van der Waals surface area contributed by atoms with Crippen LogP contribution in [0.5, 0.6) is 0 Å². The first-order chi connectivity index (χ1) is 5.36. The van der Waals surface area contributed by atoms with E-state index in [2.05, 4.69) is 10.6 Å². The highest BCUT2D eigenvalue weighted by Crippen LogP contribution is 2.20. The van der Waals surface area contributed by atoms with Crippen LogP contribution in [0.3, 0.4) is 0 Å². The van der Waals surface area contributed by atoms with E-state index in [4.69, 9.17) is 0 Å². The maximum absolute atomic E-state index is 13.0. The molecule has 2 N–H and O–H groups in total. The van der Waals surface area contributed by atoms with Gasteiger partial charge in [0.25, 0.3) is 0 Å². The first-order valence-electron chi connectivity index (χ1n) is 4.44. The SMILES string of the molecule is Cl.Cl.F[C@@H]1CNC[C@@H]1CNC1CC1. The number of hydrogen-bond acceptors (Lipinski definition) is 2. The molecule has 1 aliphatic carbocycles. The summed E-state index contributed by atoms with van der Waals surface area (Å²) in [6, 6.07) is 0.711. The molecule has 2 nitrogen and oxygen atoms in total. The molecular weight excluding hydrogens is 214 g/mol. The molecule has 5 heteroatoms. The number of rotatable bonds is 3. The molecule has 2 fully saturated rings. The largest absolute Gasteiger partial charge is 0.314 e. The van der Waals surface area contributed by atoms with Crippen molar-refractivity contribution in [1.82, 2.24) is 10.6 Å². The van der Waals surface area contributed by atoms with Gasteiger partial charge in [-0.1, -0.05) is 0 Å². The van der Waals surface area contributed by atoms with Gasteiger partial charge < -0.3 is 10.6 Å². The third-order valence-corrected chi connectivity index (χ3v) is 2.50. The second-order valence-electron chi connectivity index (χ2n) is 3.62. The summed E-state index contributed by atoms with van der Waals surface area (Å²) in [4.78, 5) is 0. The van der Waals surface area contributed by atoms with Crippen LogP contribution < -0.4 is 10.6 Å². The molecule has 0 radical (unpaired) electrons. The Kier molecular flexibility index (Phi) is 6.21. The summed E-state index contributed by atoms with van der Waals surface area (Å²) < 4.78 is 13.0.